The Morgan fingerprint density at radius 1 is 1.16 bits per heavy atom. The van der Waals surface area contributed by atoms with Gasteiger partial charge in [-0.25, -0.2) is 17.8 Å². The predicted molar refractivity (Wildman–Crippen MR) is 145 cm³/mol. The number of benzene rings is 3. The normalized spacial score (nSPS) is 14.3. The maximum absolute atomic E-state index is 15.2. The number of hydrogen-bond acceptors (Lipinski definition) is 6. The average Bonchev–Trinajstić information content (AvgIpc) is 2.86. The van der Waals surface area contributed by atoms with E-state index in [4.69, 9.17) is 11.5 Å². The number of allylic oxidation sites excluding steroid dienone is 3. The minimum atomic E-state index is -4.04. The van der Waals surface area contributed by atoms with Gasteiger partial charge in [0.05, 0.1) is 10.6 Å². The third-order valence-electron chi connectivity index (χ3n) is 5.96. The first-order chi connectivity index (χ1) is 17.6. The summed E-state index contributed by atoms with van der Waals surface area (Å²) in [4.78, 5) is 15.7. The first-order valence-electron chi connectivity index (χ1n) is 11.3. The molecule has 0 radical (unpaired) electrons. The van der Waals surface area contributed by atoms with Crippen LogP contribution in [0.2, 0.25) is 0 Å². The molecule has 37 heavy (non-hydrogen) atoms. The molecule has 8 nitrogen and oxygen atoms in total. The second-order valence-electron chi connectivity index (χ2n) is 8.53. The lowest BCUT2D eigenvalue weighted by atomic mass is 9.93. The average molecular weight is 520 g/mol. The third-order valence-corrected chi connectivity index (χ3v) is 7.34. The second kappa shape index (κ2) is 10.3. The van der Waals surface area contributed by atoms with Gasteiger partial charge >= 0.3 is 0 Å². The van der Waals surface area contributed by atoms with E-state index < -0.39 is 15.8 Å². The SMILES string of the molecule is C=N/C(N)=C(\C=C(/C)c1ccc(S(=O)(=O)Nc2cccc(N)c2)cc1F)c1ccc2c(c1)CCNC2=O. The van der Waals surface area contributed by atoms with E-state index in [1.807, 2.05) is 6.07 Å². The summed E-state index contributed by atoms with van der Waals surface area (Å²) in [6.07, 6.45) is 2.33. The Labute approximate surface area is 214 Å². The fourth-order valence-electron chi connectivity index (χ4n) is 4.08. The minimum absolute atomic E-state index is 0.130. The molecule has 1 aliphatic rings. The van der Waals surface area contributed by atoms with Gasteiger partial charge in [-0.05, 0) is 79.2 Å². The number of hydrogen-bond donors (Lipinski definition) is 4. The van der Waals surface area contributed by atoms with Gasteiger partial charge in [-0.2, -0.15) is 0 Å². The van der Waals surface area contributed by atoms with E-state index in [9.17, 15) is 13.2 Å². The van der Waals surface area contributed by atoms with E-state index in [-0.39, 0.29) is 27.9 Å². The molecule has 10 heteroatoms. The van der Waals surface area contributed by atoms with Gasteiger partial charge in [-0.3, -0.25) is 9.52 Å². The second-order valence-corrected chi connectivity index (χ2v) is 10.2. The first-order valence-corrected chi connectivity index (χ1v) is 12.8. The topological polar surface area (TPSA) is 140 Å². The summed E-state index contributed by atoms with van der Waals surface area (Å²) in [5, 5.41) is 2.80. The van der Waals surface area contributed by atoms with Crippen molar-refractivity contribution < 1.29 is 17.6 Å². The van der Waals surface area contributed by atoms with Gasteiger partial charge in [0.25, 0.3) is 15.9 Å². The molecule has 0 bridgehead atoms. The summed E-state index contributed by atoms with van der Waals surface area (Å²) >= 11 is 0. The van der Waals surface area contributed by atoms with Gasteiger partial charge < -0.3 is 16.8 Å². The first kappa shape index (κ1) is 25.6. The van der Waals surface area contributed by atoms with Crippen LogP contribution in [0.3, 0.4) is 0 Å². The fraction of sp³-hybridized carbons (Fsp3) is 0.111. The van der Waals surface area contributed by atoms with Crippen LogP contribution >= 0.6 is 0 Å². The smallest absolute Gasteiger partial charge is 0.261 e. The summed E-state index contributed by atoms with van der Waals surface area (Å²) < 4.78 is 43.1. The van der Waals surface area contributed by atoms with Crippen LogP contribution in [0.25, 0.3) is 11.1 Å². The molecule has 0 atom stereocenters. The Kier molecular flexibility index (Phi) is 7.12. The minimum Gasteiger partial charge on any atom is -0.399 e. The number of halogens is 1. The van der Waals surface area contributed by atoms with E-state index >= 15 is 4.39 Å². The van der Waals surface area contributed by atoms with Gasteiger partial charge in [-0.1, -0.05) is 24.3 Å². The Morgan fingerprint density at radius 3 is 2.65 bits per heavy atom. The maximum Gasteiger partial charge on any atom is 0.261 e. The number of nitrogens with zero attached hydrogens (tertiary/aromatic N) is 1. The number of nitrogens with one attached hydrogen (secondary N) is 2. The highest BCUT2D eigenvalue weighted by Gasteiger charge is 2.20. The number of nitrogen functional groups attached to an aromatic ring is 1. The van der Waals surface area contributed by atoms with Crippen LogP contribution in [0.4, 0.5) is 15.8 Å². The lowest BCUT2D eigenvalue weighted by Crippen LogP contribution is -2.31. The molecule has 6 N–H and O–H groups in total. The van der Waals surface area contributed by atoms with Crippen molar-refractivity contribution in [1.29, 1.82) is 0 Å². The largest absolute Gasteiger partial charge is 0.399 e. The third kappa shape index (κ3) is 5.54. The van der Waals surface area contributed by atoms with Crippen molar-refractivity contribution in [1.82, 2.24) is 5.32 Å². The molecule has 0 saturated heterocycles. The Bertz CT molecular complexity index is 1580. The molecule has 0 aliphatic carbocycles. The molecule has 3 aromatic carbocycles. The summed E-state index contributed by atoms with van der Waals surface area (Å²) in [5.74, 6) is -0.733. The van der Waals surface area contributed by atoms with Gasteiger partial charge in [-0.15, -0.1) is 0 Å². The monoisotopic (exact) mass is 519 g/mol. The number of carbonyl (C=O) groups excluding carboxylic acids is 1. The number of sulfonamides is 1. The van der Waals surface area contributed by atoms with E-state index in [0.717, 1.165) is 11.6 Å². The van der Waals surface area contributed by atoms with Crippen LogP contribution in [0.1, 0.15) is 34.0 Å². The number of carbonyl (C=O) groups is 1. The van der Waals surface area contributed by atoms with Crippen molar-refractivity contribution in [2.45, 2.75) is 18.2 Å². The zero-order valence-electron chi connectivity index (χ0n) is 20.1. The maximum atomic E-state index is 15.2. The quantitative estimate of drug-likeness (QED) is 0.213. The molecule has 3 aromatic rings. The molecule has 0 unspecified atom stereocenters. The standard InChI is InChI=1S/C27H26FN5O3S/c1-16(12-24(26(30)31-2)17-6-8-23-18(13-17)10-11-32-27(23)34)22-9-7-21(15-25(22)28)37(35,36)33-20-5-3-4-19(29)14-20/h3-9,12-15,33H,2,10-11,29-30H2,1H3,(H,32,34)/b16-12+,26-24+. The zero-order valence-corrected chi connectivity index (χ0v) is 20.9. The van der Waals surface area contributed by atoms with E-state index in [0.29, 0.717) is 40.9 Å². The molecule has 4 rings (SSSR count). The van der Waals surface area contributed by atoms with Gasteiger partial charge in [0.2, 0.25) is 0 Å². The predicted octanol–water partition coefficient (Wildman–Crippen LogP) is 3.93. The van der Waals surface area contributed by atoms with E-state index in [1.54, 1.807) is 43.3 Å². The Morgan fingerprint density at radius 2 is 1.95 bits per heavy atom. The summed E-state index contributed by atoms with van der Waals surface area (Å²) in [6.45, 7) is 5.71. The van der Waals surface area contributed by atoms with Crippen molar-refractivity contribution in [3.8, 4) is 0 Å². The highest BCUT2D eigenvalue weighted by atomic mass is 32.2. The van der Waals surface area contributed by atoms with Crippen LogP contribution in [-0.2, 0) is 16.4 Å². The number of aliphatic imine (C=N–C) groups is 1. The number of rotatable bonds is 7. The van der Waals surface area contributed by atoms with Gasteiger partial charge in [0.15, 0.2) is 0 Å². The Balaban J connectivity index is 1.67. The summed E-state index contributed by atoms with van der Waals surface area (Å²) in [7, 11) is -4.04. The molecule has 190 valence electrons. The lowest BCUT2D eigenvalue weighted by Gasteiger charge is -2.18. The molecule has 1 aliphatic heterocycles. The molecule has 0 aromatic heterocycles. The van der Waals surface area contributed by atoms with Crippen molar-refractivity contribution in [3.05, 3.63) is 101 Å². The van der Waals surface area contributed by atoms with Crippen molar-refractivity contribution >= 4 is 45.2 Å². The van der Waals surface area contributed by atoms with Gasteiger partial charge in [0.1, 0.15) is 11.6 Å². The number of anilines is 2. The molecule has 0 spiro atoms. The van der Waals surface area contributed by atoms with E-state index in [2.05, 4.69) is 21.7 Å². The highest BCUT2D eigenvalue weighted by molar-refractivity contribution is 7.92. The fourth-order valence-corrected chi connectivity index (χ4v) is 5.14. The van der Waals surface area contributed by atoms with Crippen LogP contribution in [0, 0.1) is 5.82 Å². The molecular weight excluding hydrogens is 493 g/mol. The summed E-state index contributed by atoms with van der Waals surface area (Å²) in [5.41, 5.74) is 15.8. The highest BCUT2D eigenvalue weighted by Crippen LogP contribution is 2.29. The molecule has 0 fully saturated rings. The van der Waals surface area contributed by atoms with Crippen LogP contribution in [0.15, 0.2) is 82.4 Å². The van der Waals surface area contributed by atoms with Crippen LogP contribution in [0.5, 0.6) is 0 Å². The number of amides is 1. The molecule has 0 saturated carbocycles. The van der Waals surface area contributed by atoms with Crippen molar-refractivity contribution in [2.75, 3.05) is 17.0 Å². The zero-order chi connectivity index (χ0) is 26.7. The van der Waals surface area contributed by atoms with Crippen LogP contribution < -0.4 is 21.5 Å². The van der Waals surface area contributed by atoms with Crippen molar-refractivity contribution in [2.24, 2.45) is 10.7 Å². The molecule has 1 heterocycles. The molecular formula is C27H26FN5O3S. The lowest BCUT2D eigenvalue weighted by molar-refractivity contribution is 0.0946. The van der Waals surface area contributed by atoms with Gasteiger partial charge in [0, 0.05) is 28.9 Å². The summed E-state index contributed by atoms with van der Waals surface area (Å²) in [6, 6.07) is 15.2. The number of nitrogens with two attached hydrogens (primary N) is 2. The van der Waals surface area contributed by atoms with Crippen molar-refractivity contribution in [3.63, 3.8) is 0 Å². The van der Waals surface area contributed by atoms with Crippen LogP contribution in [-0.4, -0.2) is 27.6 Å². The number of fused-ring (bicyclic) bond motifs is 1. The Hall–Kier alpha value is -4.44. The van der Waals surface area contributed by atoms with E-state index in [1.165, 1.54) is 18.2 Å². The molecule has 1 amide bonds.